The maximum Gasteiger partial charge on any atom is 0.418 e. The smallest absolute Gasteiger partial charge is 0.311 e. The second-order valence-corrected chi connectivity index (χ2v) is 4.03. The van der Waals surface area contributed by atoms with E-state index in [0.29, 0.717) is 0 Å². The van der Waals surface area contributed by atoms with Gasteiger partial charge in [-0.15, -0.1) is 0 Å². The van der Waals surface area contributed by atoms with Gasteiger partial charge in [0.25, 0.3) is 0 Å². The predicted octanol–water partition coefficient (Wildman–Crippen LogP) is 2.40. The topological polar surface area (TPSA) is 37.4 Å². The number of ketones is 1. The van der Waals surface area contributed by atoms with Crippen molar-refractivity contribution in [2.24, 2.45) is 0 Å². The van der Waals surface area contributed by atoms with E-state index in [1.54, 1.807) is 0 Å². The highest BCUT2D eigenvalue weighted by atomic mass is 19.4. The molecule has 0 N–H and O–H groups in total. The second-order valence-electron chi connectivity index (χ2n) is 4.03. The highest BCUT2D eigenvalue weighted by Crippen LogP contribution is 2.37. The third-order valence-electron chi connectivity index (χ3n) is 2.76. The van der Waals surface area contributed by atoms with E-state index < -0.39 is 17.6 Å². The molecule has 0 radical (unpaired) electrons. The standard InChI is InChI=1S/C12H10F3NO2/c13-12(14,15)9-3-1-2-4-10(9)16-6-5-8(17)7-11(16)18/h1-4H,5-7H2. The molecule has 1 aromatic rings. The van der Waals surface area contributed by atoms with Gasteiger partial charge in [-0.05, 0) is 12.1 Å². The molecule has 3 nitrogen and oxygen atoms in total. The molecule has 0 unspecified atom stereocenters. The van der Waals surface area contributed by atoms with Crippen molar-refractivity contribution in [2.45, 2.75) is 19.0 Å². The number of Topliss-reactive ketones (excluding diaryl/α,β-unsaturated/α-hetero) is 1. The summed E-state index contributed by atoms with van der Waals surface area (Å²) in [4.78, 5) is 23.7. The van der Waals surface area contributed by atoms with Crippen LogP contribution >= 0.6 is 0 Å². The molecule has 0 aromatic heterocycles. The van der Waals surface area contributed by atoms with E-state index >= 15 is 0 Å². The zero-order chi connectivity index (χ0) is 13.3. The minimum absolute atomic E-state index is 0.00472. The van der Waals surface area contributed by atoms with Gasteiger partial charge in [0.05, 0.1) is 17.7 Å². The normalized spacial score (nSPS) is 17.2. The number of hydrogen-bond acceptors (Lipinski definition) is 2. The second kappa shape index (κ2) is 4.44. The van der Waals surface area contributed by atoms with E-state index in [0.717, 1.165) is 11.0 Å². The van der Waals surface area contributed by atoms with Gasteiger partial charge in [-0.2, -0.15) is 13.2 Å². The van der Waals surface area contributed by atoms with Gasteiger partial charge in [0, 0.05) is 13.0 Å². The molecular formula is C12H10F3NO2. The van der Waals surface area contributed by atoms with Crippen LogP contribution in [0.2, 0.25) is 0 Å². The molecule has 18 heavy (non-hydrogen) atoms. The number of piperidine rings is 1. The van der Waals surface area contributed by atoms with Crippen LogP contribution in [0.15, 0.2) is 24.3 Å². The summed E-state index contributed by atoms with van der Waals surface area (Å²) in [5.74, 6) is -0.816. The molecule has 0 spiro atoms. The number of para-hydroxylation sites is 1. The molecule has 1 aromatic carbocycles. The van der Waals surface area contributed by atoms with Gasteiger partial charge in [0.2, 0.25) is 5.91 Å². The number of anilines is 1. The van der Waals surface area contributed by atoms with Crippen LogP contribution in [0.25, 0.3) is 0 Å². The number of alkyl halides is 3. The quantitative estimate of drug-likeness (QED) is 0.724. The van der Waals surface area contributed by atoms with Crippen LogP contribution in [0, 0.1) is 0 Å². The maximum atomic E-state index is 12.8. The lowest BCUT2D eigenvalue weighted by Gasteiger charge is -2.28. The lowest BCUT2D eigenvalue weighted by Crippen LogP contribution is -2.40. The van der Waals surface area contributed by atoms with Crippen LogP contribution in [0.5, 0.6) is 0 Å². The van der Waals surface area contributed by atoms with Crippen molar-refractivity contribution >= 4 is 17.4 Å². The number of rotatable bonds is 1. The molecule has 1 aliphatic rings. The van der Waals surface area contributed by atoms with Crippen LogP contribution in [0.3, 0.4) is 0 Å². The Balaban J connectivity index is 2.39. The first kappa shape index (κ1) is 12.6. The van der Waals surface area contributed by atoms with Crippen molar-refractivity contribution in [1.29, 1.82) is 0 Å². The van der Waals surface area contributed by atoms with Crippen LogP contribution in [-0.2, 0) is 15.8 Å². The third-order valence-corrected chi connectivity index (χ3v) is 2.76. The Kier molecular flexibility index (Phi) is 3.11. The van der Waals surface area contributed by atoms with Gasteiger partial charge < -0.3 is 4.90 Å². The van der Waals surface area contributed by atoms with E-state index in [9.17, 15) is 22.8 Å². The first-order valence-electron chi connectivity index (χ1n) is 5.38. The van der Waals surface area contributed by atoms with E-state index in [2.05, 4.69) is 0 Å². The van der Waals surface area contributed by atoms with Crippen LogP contribution in [0.1, 0.15) is 18.4 Å². The molecule has 1 amide bonds. The molecule has 1 fully saturated rings. The van der Waals surface area contributed by atoms with Crippen molar-refractivity contribution in [3.05, 3.63) is 29.8 Å². The van der Waals surface area contributed by atoms with Crippen molar-refractivity contribution in [1.82, 2.24) is 0 Å². The molecule has 1 aliphatic heterocycles. The van der Waals surface area contributed by atoms with E-state index in [4.69, 9.17) is 0 Å². The number of nitrogens with zero attached hydrogens (tertiary/aromatic N) is 1. The molecule has 0 atom stereocenters. The Morgan fingerprint density at radius 2 is 1.78 bits per heavy atom. The number of amides is 1. The first-order chi connectivity index (χ1) is 8.39. The van der Waals surface area contributed by atoms with Gasteiger partial charge in [0.1, 0.15) is 5.78 Å². The van der Waals surface area contributed by atoms with Crippen LogP contribution in [-0.4, -0.2) is 18.2 Å². The number of benzene rings is 1. The Hall–Kier alpha value is -1.85. The fraction of sp³-hybridized carbons (Fsp3) is 0.333. The van der Waals surface area contributed by atoms with Crippen molar-refractivity contribution in [2.75, 3.05) is 11.4 Å². The van der Waals surface area contributed by atoms with Gasteiger partial charge in [-0.3, -0.25) is 9.59 Å². The average Bonchev–Trinajstić information content (AvgIpc) is 2.28. The number of halogens is 3. The number of hydrogen-bond donors (Lipinski definition) is 0. The average molecular weight is 257 g/mol. The molecule has 0 bridgehead atoms. The summed E-state index contributed by atoms with van der Waals surface area (Å²) in [7, 11) is 0. The molecule has 96 valence electrons. The lowest BCUT2D eigenvalue weighted by molar-refractivity contribution is -0.137. The molecule has 1 heterocycles. The summed E-state index contributed by atoms with van der Waals surface area (Å²) in [6.45, 7) is 0.00472. The van der Waals surface area contributed by atoms with E-state index in [1.807, 2.05) is 0 Å². The molecule has 1 saturated heterocycles. The summed E-state index contributed by atoms with van der Waals surface area (Å²) in [5.41, 5.74) is -1.03. The molecule has 6 heteroatoms. The molecule has 0 saturated carbocycles. The first-order valence-corrected chi connectivity index (χ1v) is 5.38. The Morgan fingerprint density at radius 1 is 1.11 bits per heavy atom. The SMILES string of the molecule is O=C1CCN(c2ccccc2C(F)(F)F)C(=O)C1. The van der Waals surface area contributed by atoms with Crippen molar-refractivity contribution in [3.63, 3.8) is 0 Å². The predicted molar refractivity (Wildman–Crippen MR) is 58.0 cm³/mol. The summed E-state index contributed by atoms with van der Waals surface area (Å²) in [6.07, 6.45) is -4.75. The zero-order valence-electron chi connectivity index (χ0n) is 9.33. The molecular weight excluding hydrogens is 247 g/mol. The van der Waals surface area contributed by atoms with Crippen LogP contribution < -0.4 is 4.90 Å². The largest absolute Gasteiger partial charge is 0.418 e. The molecule has 0 aliphatic carbocycles. The van der Waals surface area contributed by atoms with Crippen molar-refractivity contribution < 1.29 is 22.8 Å². The van der Waals surface area contributed by atoms with Gasteiger partial charge in [-0.25, -0.2) is 0 Å². The zero-order valence-corrected chi connectivity index (χ0v) is 9.33. The van der Waals surface area contributed by atoms with Gasteiger partial charge in [-0.1, -0.05) is 12.1 Å². The minimum Gasteiger partial charge on any atom is -0.311 e. The number of carbonyl (C=O) groups excluding carboxylic acids is 2. The van der Waals surface area contributed by atoms with E-state index in [-0.39, 0.29) is 30.9 Å². The summed E-state index contributed by atoms with van der Waals surface area (Å²) >= 11 is 0. The monoisotopic (exact) mass is 257 g/mol. The molecule has 2 rings (SSSR count). The maximum absolute atomic E-state index is 12.8. The highest BCUT2D eigenvalue weighted by molar-refractivity contribution is 6.08. The number of carbonyl (C=O) groups is 2. The van der Waals surface area contributed by atoms with Crippen molar-refractivity contribution in [3.8, 4) is 0 Å². The fourth-order valence-electron chi connectivity index (χ4n) is 1.92. The van der Waals surface area contributed by atoms with E-state index in [1.165, 1.54) is 18.2 Å². The fourth-order valence-corrected chi connectivity index (χ4v) is 1.92. The Morgan fingerprint density at radius 3 is 2.39 bits per heavy atom. The summed E-state index contributed by atoms with van der Waals surface area (Å²) < 4.78 is 38.4. The third kappa shape index (κ3) is 2.37. The lowest BCUT2D eigenvalue weighted by atomic mass is 10.1. The van der Waals surface area contributed by atoms with Gasteiger partial charge >= 0.3 is 6.18 Å². The highest BCUT2D eigenvalue weighted by Gasteiger charge is 2.36. The summed E-state index contributed by atoms with van der Waals surface area (Å²) in [5, 5.41) is 0. The Bertz CT molecular complexity index is 496. The Labute approximate surface area is 101 Å². The van der Waals surface area contributed by atoms with Crippen LogP contribution in [0.4, 0.5) is 18.9 Å². The minimum atomic E-state index is -4.52. The van der Waals surface area contributed by atoms with Gasteiger partial charge in [0.15, 0.2) is 0 Å². The summed E-state index contributed by atoms with van der Waals surface area (Å²) in [6, 6.07) is 4.88.